The Morgan fingerprint density at radius 1 is 0.974 bits per heavy atom. The van der Waals surface area contributed by atoms with E-state index in [9.17, 15) is 45.4 Å². The lowest BCUT2D eigenvalue weighted by Crippen LogP contribution is -2.52. The molecule has 5 nitrogen and oxygen atoms in total. The molecule has 2 aromatic rings. The van der Waals surface area contributed by atoms with Crippen molar-refractivity contribution in [3.05, 3.63) is 70.5 Å². The van der Waals surface area contributed by atoms with Gasteiger partial charge in [0, 0.05) is 17.7 Å². The second kappa shape index (κ2) is 10.5. The summed E-state index contributed by atoms with van der Waals surface area (Å²) >= 11 is 0. The molecule has 1 unspecified atom stereocenters. The average molecular weight is 546 g/mol. The standard InChI is InChI=1S/C26H25F7N2O3/c27-19-13-17(25(28,29)30)9-10-18(19)21(14-7-8-14)34-23(37)20-6-1-2-11-35(20)24(38)16-5-3-4-15(12-16)22(36)26(31,32)33/h3-5,9-10,12-14,20-22,36H,1-2,6-8,11H2,(H,34,37)/t20-,21-,22?/m1/s1. The number of alkyl halides is 6. The van der Waals surface area contributed by atoms with Gasteiger partial charge in [0.25, 0.3) is 5.91 Å². The smallest absolute Gasteiger partial charge is 0.379 e. The van der Waals surface area contributed by atoms with E-state index in [-0.39, 0.29) is 30.0 Å². The molecule has 12 heteroatoms. The SMILES string of the molecule is O=C(N[C@@H](c1ccc(C(F)(F)F)cc1F)C1CC1)[C@H]1CCCCN1C(=O)c1cccc(C(O)C(F)(F)F)c1. The monoisotopic (exact) mass is 546 g/mol. The first-order valence-electron chi connectivity index (χ1n) is 12.1. The van der Waals surface area contributed by atoms with E-state index in [0.29, 0.717) is 31.7 Å². The molecule has 4 rings (SSSR count). The Bertz CT molecular complexity index is 1190. The molecule has 3 atom stereocenters. The van der Waals surface area contributed by atoms with Gasteiger partial charge in [-0.3, -0.25) is 9.59 Å². The summed E-state index contributed by atoms with van der Waals surface area (Å²) in [5.41, 5.74) is -1.90. The van der Waals surface area contributed by atoms with Crippen LogP contribution in [0.15, 0.2) is 42.5 Å². The molecule has 0 radical (unpaired) electrons. The van der Waals surface area contributed by atoms with Crippen molar-refractivity contribution >= 4 is 11.8 Å². The summed E-state index contributed by atoms with van der Waals surface area (Å²) < 4.78 is 92.5. The van der Waals surface area contributed by atoms with Crippen LogP contribution in [0, 0.1) is 11.7 Å². The number of hydrogen-bond acceptors (Lipinski definition) is 3. The van der Waals surface area contributed by atoms with Gasteiger partial charge in [0.15, 0.2) is 6.10 Å². The molecular formula is C26H25F7N2O3. The van der Waals surface area contributed by atoms with Crippen molar-refractivity contribution in [2.75, 3.05) is 6.54 Å². The van der Waals surface area contributed by atoms with Crippen molar-refractivity contribution in [1.29, 1.82) is 0 Å². The summed E-state index contributed by atoms with van der Waals surface area (Å²) in [5.74, 6) is -2.61. The molecule has 0 bridgehead atoms. The highest BCUT2D eigenvalue weighted by Crippen LogP contribution is 2.43. The number of rotatable bonds is 6. The minimum Gasteiger partial charge on any atom is -0.379 e. The van der Waals surface area contributed by atoms with E-state index >= 15 is 0 Å². The normalized spacial score (nSPS) is 20.1. The molecule has 0 spiro atoms. The largest absolute Gasteiger partial charge is 0.418 e. The Balaban J connectivity index is 1.55. The predicted octanol–water partition coefficient (Wildman–Crippen LogP) is 5.70. The van der Waals surface area contributed by atoms with Crippen molar-refractivity contribution in [3.8, 4) is 0 Å². The number of aliphatic hydroxyl groups excluding tert-OH is 1. The van der Waals surface area contributed by atoms with Crippen LogP contribution in [0.5, 0.6) is 0 Å². The number of nitrogens with zero attached hydrogens (tertiary/aromatic N) is 1. The van der Waals surface area contributed by atoms with Crippen molar-refractivity contribution in [2.24, 2.45) is 5.92 Å². The summed E-state index contributed by atoms with van der Waals surface area (Å²) in [6.45, 7) is 0.145. The van der Waals surface area contributed by atoms with Gasteiger partial charge in [-0.15, -0.1) is 0 Å². The number of amides is 2. The van der Waals surface area contributed by atoms with Crippen molar-refractivity contribution in [3.63, 3.8) is 0 Å². The van der Waals surface area contributed by atoms with E-state index in [1.54, 1.807) is 0 Å². The van der Waals surface area contributed by atoms with Gasteiger partial charge in [-0.1, -0.05) is 18.2 Å². The van der Waals surface area contributed by atoms with Gasteiger partial charge >= 0.3 is 12.4 Å². The fourth-order valence-electron chi connectivity index (χ4n) is 4.73. The zero-order valence-electron chi connectivity index (χ0n) is 20.0. The van der Waals surface area contributed by atoms with Gasteiger partial charge in [-0.05, 0) is 67.9 Å². The van der Waals surface area contributed by atoms with Crippen LogP contribution < -0.4 is 5.32 Å². The van der Waals surface area contributed by atoms with Crippen LogP contribution >= 0.6 is 0 Å². The number of nitrogens with one attached hydrogen (secondary N) is 1. The molecule has 38 heavy (non-hydrogen) atoms. The number of hydrogen-bond donors (Lipinski definition) is 2. The minimum absolute atomic E-state index is 0.0867. The zero-order chi connectivity index (χ0) is 27.8. The first-order chi connectivity index (χ1) is 17.8. The maximum atomic E-state index is 14.7. The molecule has 2 aromatic carbocycles. The van der Waals surface area contributed by atoms with Gasteiger partial charge in [0.1, 0.15) is 11.9 Å². The van der Waals surface area contributed by atoms with Crippen LogP contribution in [0.25, 0.3) is 0 Å². The van der Waals surface area contributed by atoms with Gasteiger partial charge in [0.2, 0.25) is 5.91 Å². The Morgan fingerprint density at radius 2 is 1.68 bits per heavy atom. The fraction of sp³-hybridized carbons (Fsp3) is 0.462. The molecule has 0 aromatic heterocycles. The van der Waals surface area contributed by atoms with E-state index in [1.165, 1.54) is 17.0 Å². The molecule has 2 fully saturated rings. The molecule has 2 amide bonds. The number of likely N-dealkylation sites (tertiary alicyclic amines) is 1. The zero-order valence-corrected chi connectivity index (χ0v) is 20.0. The van der Waals surface area contributed by atoms with E-state index in [1.807, 2.05) is 0 Å². The number of benzene rings is 2. The molecule has 1 saturated heterocycles. The van der Waals surface area contributed by atoms with Crippen molar-refractivity contribution in [1.82, 2.24) is 10.2 Å². The molecule has 2 N–H and O–H groups in total. The van der Waals surface area contributed by atoms with Crippen LogP contribution in [0.1, 0.15) is 71.3 Å². The van der Waals surface area contributed by atoms with Crippen LogP contribution in [-0.4, -0.2) is 40.6 Å². The first kappa shape index (κ1) is 27.9. The Kier molecular flexibility index (Phi) is 7.74. The summed E-state index contributed by atoms with van der Waals surface area (Å²) in [4.78, 5) is 27.8. The summed E-state index contributed by atoms with van der Waals surface area (Å²) in [6, 6.07) is 4.68. The van der Waals surface area contributed by atoms with Crippen LogP contribution in [0.3, 0.4) is 0 Å². The van der Waals surface area contributed by atoms with Gasteiger partial charge in [0.05, 0.1) is 11.6 Å². The molecule has 1 saturated carbocycles. The maximum Gasteiger partial charge on any atom is 0.418 e. The summed E-state index contributed by atoms with van der Waals surface area (Å²) in [5, 5.41) is 12.3. The fourth-order valence-corrected chi connectivity index (χ4v) is 4.73. The summed E-state index contributed by atoms with van der Waals surface area (Å²) in [6.07, 6.45) is -9.81. The Hall–Kier alpha value is -3.15. The van der Waals surface area contributed by atoms with E-state index < -0.39 is 59.3 Å². The lowest BCUT2D eigenvalue weighted by Gasteiger charge is -2.36. The number of carbonyl (C=O) groups excluding carboxylic acids is 2. The molecule has 1 aliphatic heterocycles. The maximum absolute atomic E-state index is 14.7. The molecule has 1 aliphatic carbocycles. The quantitative estimate of drug-likeness (QED) is 0.457. The topological polar surface area (TPSA) is 69.6 Å². The van der Waals surface area contributed by atoms with E-state index in [4.69, 9.17) is 0 Å². The number of carbonyl (C=O) groups is 2. The number of aliphatic hydroxyl groups is 1. The lowest BCUT2D eigenvalue weighted by atomic mass is 9.96. The number of halogens is 7. The highest BCUT2D eigenvalue weighted by molar-refractivity contribution is 5.98. The van der Waals surface area contributed by atoms with Crippen LogP contribution in [0.2, 0.25) is 0 Å². The average Bonchev–Trinajstić information content (AvgIpc) is 3.71. The highest BCUT2D eigenvalue weighted by Gasteiger charge is 2.41. The Labute approximate surface area is 213 Å². The van der Waals surface area contributed by atoms with Gasteiger partial charge in [-0.2, -0.15) is 26.3 Å². The third-order valence-corrected chi connectivity index (χ3v) is 6.88. The second-order valence-corrected chi connectivity index (χ2v) is 9.64. The summed E-state index contributed by atoms with van der Waals surface area (Å²) in [7, 11) is 0. The van der Waals surface area contributed by atoms with Crippen molar-refractivity contribution < 1.29 is 45.4 Å². The highest BCUT2D eigenvalue weighted by atomic mass is 19.4. The number of piperidine rings is 1. The van der Waals surface area contributed by atoms with E-state index in [0.717, 1.165) is 24.3 Å². The predicted molar refractivity (Wildman–Crippen MR) is 121 cm³/mol. The molecular weight excluding hydrogens is 521 g/mol. The van der Waals surface area contributed by atoms with Crippen molar-refractivity contribution in [2.45, 2.75) is 62.6 Å². The third kappa shape index (κ3) is 6.11. The van der Waals surface area contributed by atoms with Crippen LogP contribution in [0.4, 0.5) is 30.7 Å². The molecule has 2 aliphatic rings. The molecule has 206 valence electrons. The minimum atomic E-state index is -4.93. The molecule has 1 heterocycles. The Morgan fingerprint density at radius 3 is 2.29 bits per heavy atom. The van der Waals surface area contributed by atoms with Gasteiger partial charge in [-0.25, -0.2) is 4.39 Å². The van der Waals surface area contributed by atoms with Crippen LogP contribution in [-0.2, 0) is 11.0 Å². The second-order valence-electron chi connectivity index (χ2n) is 9.64. The lowest BCUT2D eigenvalue weighted by molar-refractivity contribution is -0.206. The third-order valence-electron chi connectivity index (χ3n) is 6.88. The first-order valence-corrected chi connectivity index (χ1v) is 12.1. The van der Waals surface area contributed by atoms with E-state index in [2.05, 4.69) is 5.32 Å². The van der Waals surface area contributed by atoms with Gasteiger partial charge < -0.3 is 15.3 Å².